The van der Waals surface area contributed by atoms with Gasteiger partial charge < -0.3 is 14.2 Å². The highest BCUT2D eigenvalue weighted by molar-refractivity contribution is 6.31. The van der Waals surface area contributed by atoms with Gasteiger partial charge in [-0.3, -0.25) is 10.4 Å². The molecule has 216 valence electrons. The Balaban J connectivity index is 1.06. The van der Waals surface area contributed by atoms with Crippen molar-refractivity contribution in [1.82, 2.24) is 4.98 Å². The molecule has 5 fully saturated rings. The predicted octanol–water partition coefficient (Wildman–Crippen LogP) is 7.23. The normalized spacial score (nSPS) is 36.2. The molecular formula is C32H36ClN3O5. The third kappa shape index (κ3) is 4.70. The van der Waals surface area contributed by atoms with E-state index in [-0.39, 0.29) is 11.8 Å². The lowest BCUT2D eigenvalue weighted by molar-refractivity contribution is -0.575. The van der Waals surface area contributed by atoms with Crippen LogP contribution in [0.1, 0.15) is 57.7 Å². The molecular weight excluding hydrogens is 542 g/mol. The molecule has 1 saturated carbocycles. The highest BCUT2D eigenvalue weighted by Crippen LogP contribution is 2.60. The number of nitrogens with zero attached hydrogens (tertiary/aromatic N) is 2. The van der Waals surface area contributed by atoms with E-state index in [2.05, 4.69) is 29.4 Å². The van der Waals surface area contributed by atoms with E-state index in [1.807, 2.05) is 62.4 Å². The number of anilines is 1. The minimum Gasteiger partial charge on any atom is -0.465 e. The second kappa shape index (κ2) is 10.2. The summed E-state index contributed by atoms with van der Waals surface area (Å²) in [5.74, 6) is 1.11. The monoisotopic (exact) mass is 577 g/mol. The van der Waals surface area contributed by atoms with Crippen molar-refractivity contribution < 1.29 is 24.0 Å². The van der Waals surface area contributed by atoms with Crippen LogP contribution >= 0.6 is 11.6 Å². The molecule has 8 nitrogen and oxygen atoms in total. The molecule has 1 spiro atoms. The van der Waals surface area contributed by atoms with Crippen LogP contribution in [0.15, 0.2) is 53.6 Å². The summed E-state index contributed by atoms with van der Waals surface area (Å²) in [4.78, 5) is 16.7. The van der Waals surface area contributed by atoms with Gasteiger partial charge >= 0.3 is 0 Å². The standard InChI is InChI=1S/C32H36ClN3O5/c1-18-5-11-26-20(3)29(38-30-32(26)25(18)13-14-31(4,39-30)40-41-32)37-23-9-6-21(7-10-23)17-34-36-28-15-19(2)35-27-12-8-22(33)16-24(27)28/h6-10,12,15-18,20,25-26,29-30H,5,11,13-14H2,1-4H3,(H,35,36)/b34-17+/t18-,20-,25+,26+,29+,30-,31-,32-/m1/s1. The fraction of sp³-hybridized carbons (Fsp3) is 0.500. The fourth-order valence-electron chi connectivity index (χ4n) is 7.37. The van der Waals surface area contributed by atoms with Gasteiger partial charge in [-0.25, -0.2) is 9.78 Å². The van der Waals surface area contributed by atoms with Crippen molar-refractivity contribution in [3.63, 3.8) is 0 Å². The second-order valence-corrected chi connectivity index (χ2v) is 12.7. The molecule has 4 aliphatic heterocycles. The number of hydrogen-bond acceptors (Lipinski definition) is 8. The minimum absolute atomic E-state index is 0.105. The van der Waals surface area contributed by atoms with Crippen LogP contribution < -0.4 is 10.2 Å². The van der Waals surface area contributed by atoms with Gasteiger partial charge in [0.05, 0.1) is 17.4 Å². The largest absolute Gasteiger partial charge is 0.465 e. The Bertz CT molecular complexity index is 1480. The van der Waals surface area contributed by atoms with Crippen LogP contribution in [0, 0.1) is 30.6 Å². The lowest BCUT2D eigenvalue weighted by atomic mass is 9.58. The van der Waals surface area contributed by atoms with Crippen LogP contribution in [0.4, 0.5) is 5.69 Å². The molecule has 5 aliphatic rings. The number of benzene rings is 2. The summed E-state index contributed by atoms with van der Waals surface area (Å²) in [5, 5.41) is 6.03. The number of aromatic nitrogens is 1. The number of aryl methyl sites for hydroxylation is 1. The first-order chi connectivity index (χ1) is 19.7. The minimum atomic E-state index is -0.800. The van der Waals surface area contributed by atoms with Crippen molar-refractivity contribution in [3.05, 3.63) is 64.8 Å². The lowest BCUT2D eigenvalue weighted by Gasteiger charge is -2.60. The van der Waals surface area contributed by atoms with Crippen molar-refractivity contribution in [3.8, 4) is 5.75 Å². The SMILES string of the molecule is Cc1cc(N/N=C/c2ccc(O[C@H]3O[C@@H]4O[C@@]5(C)CC[C@H]6[C@H](C)CC[C@@H]([C@H]3C)[C@@]46OO5)cc2)c2cc(Cl)ccc2n1. The van der Waals surface area contributed by atoms with E-state index in [9.17, 15) is 0 Å². The van der Waals surface area contributed by atoms with Gasteiger partial charge in [0, 0.05) is 34.4 Å². The first-order valence-corrected chi connectivity index (χ1v) is 14.9. The van der Waals surface area contributed by atoms with Gasteiger partial charge in [0.15, 0.2) is 11.9 Å². The molecule has 3 aromatic rings. The highest BCUT2D eigenvalue weighted by atomic mass is 35.5. The molecule has 5 heterocycles. The van der Waals surface area contributed by atoms with Crippen molar-refractivity contribution in [2.24, 2.45) is 28.8 Å². The Morgan fingerprint density at radius 1 is 1.05 bits per heavy atom. The van der Waals surface area contributed by atoms with E-state index >= 15 is 0 Å². The van der Waals surface area contributed by atoms with Crippen molar-refractivity contribution in [2.45, 2.75) is 77.3 Å². The first-order valence-electron chi connectivity index (χ1n) is 14.6. The van der Waals surface area contributed by atoms with Gasteiger partial charge in [0.1, 0.15) is 5.75 Å². The topological polar surface area (TPSA) is 83.4 Å². The lowest BCUT2D eigenvalue weighted by Crippen LogP contribution is -2.70. The Morgan fingerprint density at radius 2 is 1.88 bits per heavy atom. The summed E-state index contributed by atoms with van der Waals surface area (Å²) in [7, 11) is 0. The molecule has 0 amide bonds. The summed E-state index contributed by atoms with van der Waals surface area (Å²) in [5.41, 5.74) is 6.10. The summed E-state index contributed by atoms with van der Waals surface area (Å²) in [6, 6.07) is 15.4. The van der Waals surface area contributed by atoms with Gasteiger partial charge in [0.25, 0.3) is 0 Å². The Morgan fingerprint density at radius 3 is 2.71 bits per heavy atom. The predicted molar refractivity (Wildman–Crippen MR) is 157 cm³/mol. The molecule has 4 saturated heterocycles. The molecule has 8 atom stereocenters. The number of fused-ring (bicyclic) bond motifs is 3. The number of hydrogen-bond donors (Lipinski definition) is 1. The molecule has 8 rings (SSSR count). The number of hydrazone groups is 1. The van der Waals surface area contributed by atoms with Gasteiger partial charge in [0.2, 0.25) is 12.1 Å². The Hall–Kier alpha value is -2.75. The van der Waals surface area contributed by atoms with E-state index in [1.165, 1.54) is 0 Å². The van der Waals surface area contributed by atoms with E-state index in [0.717, 1.165) is 59.3 Å². The molecule has 41 heavy (non-hydrogen) atoms. The number of halogens is 1. The van der Waals surface area contributed by atoms with Crippen molar-refractivity contribution in [1.29, 1.82) is 0 Å². The number of nitrogens with one attached hydrogen (secondary N) is 1. The summed E-state index contributed by atoms with van der Waals surface area (Å²) < 4.78 is 19.4. The van der Waals surface area contributed by atoms with Crippen molar-refractivity contribution >= 4 is 34.4 Å². The van der Waals surface area contributed by atoms with Crippen LogP contribution in [0.25, 0.3) is 10.9 Å². The average Bonchev–Trinajstić information content (AvgIpc) is 3.18. The number of pyridine rings is 1. The number of rotatable bonds is 5. The maximum atomic E-state index is 6.56. The molecule has 9 heteroatoms. The van der Waals surface area contributed by atoms with Gasteiger partial charge in [-0.05, 0) is 99.0 Å². The third-order valence-corrected chi connectivity index (χ3v) is 9.76. The zero-order chi connectivity index (χ0) is 28.4. The molecule has 0 unspecified atom stereocenters. The number of ether oxygens (including phenoxy) is 3. The van der Waals surface area contributed by atoms with E-state index in [1.54, 1.807) is 6.21 Å². The second-order valence-electron chi connectivity index (χ2n) is 12.3. The maximum Gasteiger partial charge on any atom is 0.205 e. The van der Waals surface area contributed by atoms with Crippen molar-refractivity contribution in [2.75, 3.05) is 5.43 Å². The molecule has 1 N–H and O–H groups in total. The average molecular weight is 578 g/mol. The molecule has 2 aromatic carbocycles. The summed E-state index contributed by atoms with van der Waals surface area (Å²) >= 11 is 6.21. The highest BCUT2D eigenvalue weighted by Gasteiger charge is 2.69. The summed E-state index contributed by atoms with van der Waals surface area (Å²) in [6.45, 7) is 8.41. The van der Waals surface area contributed by atoms with Crippen LogP contribution in [0.2, 0.25) is 5.02 Å². The quantitative estimate of drug-likeness (QED) is 0.194. The van der Waals surface area contributed by atoms with E-state index in [0.29, 0.717) is 16.9 Å². The van der Waals surface area contributed by atoms with E-state index in [4.69, 9.17) is 35.6 Å². The zero-order valence-electron chi connectivity index (χ0n) is 23.8. The molecule has 1 aromatic heterocycles. The smallest absolute Gasteiger partial charge is 0.205 e. The summed E-state index contributed by atoms with van der Waals surface area (Å²) in [6.07, 6.45) is 4.79. The van der Waals surface area contributed by atoms with Crippen LogP contribution in [-0.4, -0.2) is 35.2 Å². The van der Waals surface area contributed by atoms with Gasteiger partial charge in [-0.2, -0.15) is 5.10 Å². The maximum absolute atomic E-state index is 6.56. The van der Waals surface area contributed by atoms with Crippen LogP contribution in [0.5, 0.6) is 5.75 Å². The van der Waals surface area contributed by atoms with E-state index < -0.39 is 24.0 Å². The Kier molecular flexibility index (Phi) is 6.75. The molecule has 0 radical (unpaired) electrons. The van der Waals surface area contributed by atoms with Crippen LogP contribution in [-0.2, 0) is 19.2 Å². The third-order valence-electron chi connectivity index (χ3n) is 9.53. The van der Waals surface area contributed by atoms with Crippen LogP contribution in [0.3, 0.4) is 0 Å². The van der Waals surface area contributed by atoms with Gasteiger partial charge in [-0.15, -0.1) is 0 Å². The Labute approximate surface area is 245 Å². The zero-order valence-corrected chi connectivity index (χ0v) is 24.6. The first kappa shape index (κ1) is 27.1. The van der Waals surface area contributed by atoms with Gasteiger partial charge in [-0.1, -0.05) is 25.4 Å². The molecule has 2 bridgehead atoms. The molecule has 1 aliphatic carbocycles. The fourth-order valence-corrected chi connectivity index (χ4v) is 7.54.